The van der Waals surface area contributed by atoms with Gasteiger partial charge in [-0.15, -0.1) is 10.2 Å². The van der Waals surface area contributed by atoms with E-state index >= 15 is 0 Å². The summed E-state index contributed by atoms with van der Waals surface area (Å²) in [6.45, 7) is 1.70. The monoisotopic (exact) mass is 273 g/mol. The van der Waals surface area contributed by atoms with Gasteiger partial charge in [-0.1, -0.05) is 11.3 Å². The van der Waals surface area contributed by atoms with Crippen LogP contribution in [0.3, 0.4) is 0 Å². The lowest BCUT2D eigenvalue weighted by Crippen LogP contribution is -2.45. The molecule has 0 radical (unpaired) electrons. The number of carboxylic acids is 1. The number of nitrogens with one attached hydrogen (secondary N) is 2. The maximum atomic E-state index is 11.4. The SMILES string of the molecule is Cc1nnc(NC(=O)N[C@H](CC(N)=O)C(=O)O)s1. The van der Waals surface area contributed by atoms with Crippen molar-refractivity contribution in [2.75, 3.05) is 5.32 Å². The molecule has 3 amide bonds. The number of aryl methyl sites for hydroxylation is 1. The number of aromatic nitrogens is 2. The molecular formula is C8H11N5O4S. The van der Waals surface area contributed by atoms with Crippen molar-refractivity contribution < 1.29 is 19.5 Å². The Morgan fingerprint density at radius 3 is 2.56 bits per heavy atom. The van der Waals surface area contributed by atoms with Crippen LogP contribution in [0.4, 0.5) is 9.93 Å². The van der Waals surface area contributed by atoms with Crippen molar-refractivity contribution in [2.24, 2.45) is 5.73 Å². The molecule has 0 fully saturated rings. The van der Waals surface area contributed by atoms with E-state index in [1.54, 1.807) is 6.92 Å². The number of aliphatic carboxylic acids is 1. The molecule has 1 rings (SSSR count). The van der Waals surface area contributed by atoms with E-state index in [0.717, 1.165) is 11.3 Å². The van der Waals surface area contributed by atoms with Crippen LogP contribution >= 0.6 is 11.3 Å². The van der Waals surface area contributed by atoms with E-state index in [9.17, 15) is 14.4 Å². The van der Waals surface area contributed by atoms with Crippen LogP contribution in [0, 0.1) is 6.92 Å². The summed E-state index contributed by atoms with van der Waals surface area (Å²) >= 11 is 1.13. The van der Waals surface area contributed by atoms with Gasteiger partial charge in [-0.25, -0.2) is 9.59 Å². The number of carboxylic acid groups (broad SMARTS) is 1. The summed E-state index contributed by atoms with van der Waals surface area (Å²) in [4.78, 5) is 32.8. The standard InChI is InChI=1S/C8H11N5O4S/c1-3-12-13-8(18-3)11-7(17)10-4(6(15)16)2-5(9)14/h4H,2H2,1H3,(H2,9,14)(H,15,16)(H2,10,11,13,17)/t4-/m1/s1. The average Bonchev–Trinajstić information content (AvgIpc) is 2.62. The molecule has 9 nitrogen and oxygen atoms in total. The molecule has 0 saturated carbocycles. The maximum Gasteiger partial charge on any atom is 0.326 e. The van der Waals surface area contributed by atoms with Gasteiger partial charge in [-0.2, -0.15) is 0 Å². The van der Waals surface area contributed by atoms with E-state index in [0.29, 0.717) is 5.01 Å². The topological polar surface area (TPSA) is 147 Å². The van der Waals surface area contributed by atoms with E-state index in [1.165, 1.54) is 0 Å². The van der Waals surface area contributed by atoms with Gasteiger partial charge in [0.1, 0.15) is 11.0 Å². The molecule has 0 bridgehead atoms. The van der Waals surface area contributed by atoms with Crippen LogP contribution in [0.25, 0.3) is 0 Å². The smallest absolute Gasteiger partial charge is 0.326 e. The van der Waals surface area contributed by atoms with Crippen LogP contribution < -0.4 is 16.4 Å². The zero-order valence-corrected chi connectivity index (χ0v) is 10.2. The number of nitrogens with zero attached hydrogens (tertiary/aromatic N) is 2. The Hall–Kier alpha value is -2.23. The number of primary amides is 1. The summed E-state index contributed by atoms with van der Waals surface area (Å²) < 4.78 is 0. The number of carbonyl (C=O) groups is 3. The van der Waals surface area contributed by atoms with Gasteiger partial charge in [0.05, 0.1) is 6.42 Å². The number of hydrogen-bond donors (Lipinski definition) is 4. The molecular weight excluding hydrogens is 262 g/mol. The van der Waals surface area contributed by atoms with E-state index in [4.69, 9.17) is 10.8 Å². The molecule has 98 valence electrons. The Kier molecular flexibility index (Phi) is 4.54. The molecule has 18 heavy (non-hydrogen) atoms. The molecule has 0 aromatic carbocycles. The number of nitrogens with two attached hydrogens (primary N) is 1. The van der Waals surface area contributed by atoms with Gasteiger partial charge < -0.3 is 16.2 Å². The second-order valence-corrected chi connectivity index (χ2v) is 4.47. The molecule has 1 aromatic heterocycles. The number of hydrogen-bond acceptors (Lipinski definition) is 6. The minimum absolute atomic E-state index is 0.230. The lowest BCUT2D eigenvalue weighted by Gasteiger charge is -2.12. The molecule has 1 aromatic rings. The fourth-order valence-corrected chi connectivity index (χ4v) is 1.63. The first kappa shape index (κ1) is 13.8. The maximum absolute atomic E-state index is 11.4. The number of urea groups is 1. The number of carbonyl (C=O) groups excluding carboxylic acids is 2. The van der Waals surface area contributed by atoms with E-state index in [2.05, 4.69) is 20.8 Å². The van der Waals surface area contributed by atoms with Gasteiger partial charge >= 0.3 is 12.0 Å². The van der Waals surface area contributed by atoms with Crippen molar-refractivity contribution in [2.45, 2.75) is 19.4 Å². The minimum atomic E-state index is -1.38. The van der Waals surface area contributed by atoms with Crippen molar-refractivity contribution in [1.82, 2.24) is 15.5 Å². The third kappa shape index (κ3) is 4.33. The third-order valence-electron chi connectivity index (χ3n) is 1.76. The Morgan fingerprint density at radius 1 is 1.44 bits per heavy atom. The number of rotatable bonds is 5. The van der Waals surface area contributed by atoms with Crippen LogP contribution in [0.5, 0.6) is 0 Å². The van der Waals surface area contributed by atoms with Gasteiger partial charge in [0.15, 0.2) is 0 Å². The van der Waals surface area contributed by atoms with Crippen LogP contribution in [0.1, 0.15) is 11.4 Å². The lowest BCUT2D eigenvalue weighted by atomic mass is 10.2. The highest BCUT2D eigenvalue weighted by molar-refractivity contribution is 7.15. The zero-order valence-electron chi connectivity index (χ0n) is 9.34. The molecule has 0 aliphatic rings. The fourth-order valence-electron chi connectivity index (χ4n) is 1.04. The van der Waals surface area contributed by atoms with Crippen molar-refractivity contribution in [1.29, 1.82) is 0 Å². The largest absolute Gasteiger partial charge is 0.480 e. The minimum Gasteiger partial charge on any atom is -0.480 e. The lowest BCUT2D eigenvalue weighted by molar-refractivity contribution is -0.140. The normalized spacial score (nSPS) is 11.6. The van der Waals surface area contributed by atoms with Crippen molar-refractivity contribution in [3.05, 3.63) is 5.01 Å². The van der Waals surface area contributed by atoms with Gasteiger partial charge in [-0.05, 0) is 6.92 Å². The number of anilines is 1. The molecule has 1 heterocycles. The Bertz CT molecular complexity index is 474. The van der Waals surface area contributed by atoms with E-state index in [1.807, 2.05) is 0 Å². The van der Waals surface area contributed by atoms with Gasteiger partial charge in [0.2, 0.25) is 11.0 Å². The highest BCUT2D eigenvalue weighted by Gasteiger charge is 2.22. The van der Waals surface area contributed by atoms with Gasteiger partial charge in [0, 0.05) is 0 Å². The van der Waals surface area contributed by atoms with Crippen LogP contribution in [0.15, 0.2) is 0 Å². The summed E-state index contributed by atoms with van der Waals surface area (Å²) in [5.74, 6) is -2.17. The first-order valence-electron chi connectivity index (χ1n) is 4.77. The van der Waals surface area contributed by atoms with Crippen molar-refractivity contribution in [3.8, 4) is 0 Å². The van der Waals surface area contributed by atoms with Gasteiger partial charge in [-0.3, -0.25) is 10.1 Å². The first-order valence-corrected chi connectivity index (χ1v) is 5.59. The summed E-state index contributed by atoms with van der Waals surface area (Å²) in [6, 6.07) is -2.17. The molecule has 0 spiro atoms. The molecule has 0 aliphatic carbocycles. The molecule has 10 heteroatoms. The second kappa shape index (κ2) is 5.91. The fraction of sp³-hybridized carbons (Fsp3) is 0.375. The summed E-state index contributed by atoms with van der Waals surface area (Å²) in [6.07, 6.45) is -0.488. The molecule has 1 atom stereocenters. The van der Waals surface area contributed by atoms with E-state index < -0.39 is 30.4 Å². The van der Waals surface area contributed by atoms with Crippen LogP contribution in [0.2, 0.25) is 0 Å². The third-order valence-corrected chi connectivity index (χ3v) is 2.51. The highest BCUT2D eigenvalue weighted by Crippen LogP contribution is 2.13. The Labute approximate surface area is 105 Å². The summed E-state index contributed by atoms with van der Waals surface area (Å²) in [7, 11) is 0. The molecule has 5 N–H and O–H groups in total. The molecule has 0 aliphatic heterocycles. The second-order valence-electron chi connectivity index (χ2n) is 3.29. The van der Waals surface area contributed by atoms with Crippen LogP contribution in [-0.2, 0) is 9.59 Å². The van der Waals surface area contributed by atoms with Gasteiger partial charge in [0.25, 0.3) is 0 Å². The predicted molar refractivity (Wildman–Crippen MR) is 62.0 cm³/mol. The zero-order chi connectivity index (χ0) is 13.7. The summed E-state index contributed by atoms with van der Waals surface area (Å²) in [5, 5.41) is 21.3. The molecule has 0 saturated heterocycles. The first-order chi connectivity index (χ1) is 8.38. The van der Waals surface area contributed by atoms with Crippen molar-refractivity contribution >= 4 is 34.4 Å². The Balaban J connectivity index is 2.56. The van der Waals surface area contributed by atoms with Crippen LogP contribution in [-0.4, -0.2) is 39.3 Å². The molecule has 0 unspecified atom stereocenters. The average molecular weight is 273 g/mol. The highest BCUT2D eigenvalue weighted by atomic mass is 32.1. The Morgan fingerprint density at radius 2 is 2.11 bits per heavy atom. The predicted octanol–water partition coefficient (Wildman–Crippen LogP) is -0.703. The van der Waals surface area contributed by atoms with Crippen molar-refractivity contribution in [3.63, 3.8) is 0 Å². The quantitative estimate of drug-likeness (QED) is 0.557. The van der Waals surface area contributed by atoms with E-state index in [-0.39, 0.29) is 5.13 Å². The summed E-state index contributed by atoms with van der Waals surface area (Å²) in [5.41, 5.74) is 4.87. The number of amides is 3.